The summed E-state index contributed by atoms with van der Waals surface area (Å²) in [4.78, 5) is 4.01. The summed E-state index contributed by atoms with van der Waals surface area (Å²) in [6, 6.07) is 0. The number of imidazole rings is 1. The molecule has 1 aromatic rings. The topological polar surface area (TPSA) is 50.1 Å². The molecule has 1 unspecified atom stereocenters. The highest BCUT2D eigenvalue weighted by molar-refractivity contribution is 4.96. The molecule has 0 amide bonds. The fourth-order valence-electron chi connectivity index (χ4n) is 1.08. The molecule has 4 nitrogen and oxygen atoms in total. The Bertz CT molecular complexity index is 245. The summed E-state index contributed by atoms with van der Waals surface area (Å²) in [5.41, 5.74) is 1.16. The SMILES string of the molecule is CC(O)CCNCc1cncn1C. The van der Waals surface area contributed by atoms with E-state index >= 15 is 0 Å². The minimum atomic E-state index is -0.223. The van der Waals surface area contributed by atoms with Crippen molar-refractivity contribution in [2.75, 3.05) is 6.54 Å². The minimum Gasteiger partial charge on any atom is -0.393 e. The summed E-state index contributed by atoms with van der Waals surface area (Å²) < 4.78 is 1.98. The third-order valence-corrected chi connectivity index (χ3v) is 1.96. The zero-order valence-electron chi connectivity index (χ0n) is 8.20. The van der Waals surface area contributed by atoms with Gasteiger partial charge in [0.1, 0.15) is 0 Å². The summed E-state index contributed by atoms with van der Waals surface area (Å²) in [5, 5.41) is 12.2. The molecule has 1 atom stereocenters. The van der Waals surface area contributed by atoms with Crippen LogP contribution in [0.3, 0.4) is 0 Å². The van der Waals surface area contributed by atoms with E-state index in [2.05, 4.69) is 10.3 Å². The lowest BCUT2D eigenvalue weighted by Crippen LogP contribution is -2.19. The van der Waals surface area contributed by atoms with Crippen molar-refractivity contribution < 1.29 is 5.11 Å². The van der Waals surface area contributed by atoms with E-state index in [1.807, 2.05) is 17.8 Å². The average molecular weight is 183 g/mol. The third-order valence-electron chi connectivity index (χ3n) is 1.96. The standard InChI is InChI=1S/C9H17N3O/c1-8(13)3-4-10-5-9-6-11-7-12(9)2/h6-8,10,13H,3-5H2,1-2H3. The van der Waals surface area contributed by atoms with E-state index in [4.69, 9.17) is 5.11 Å². The molecule has 1 aromatic heterocycles. The predicted molar refractivity (Wildman–Crippen MR) is 51.2 cm³/mol. The summed E-state index contributed by atoms with van der Waals surface area (Å²) in [6.07, 6.45) is 4.19. The molecule has 0 saturated carbocycles. The highest BCUT2D eigenvalue weighted by Gasteiger charge is 1.98. The maximum Gasteiger partial charge on any atom is 0.0945 e. The van der Waals surface area contributed by atoms with Gasteiger partial charge in [-0.1, -0.05) is 0 Å². The van der Waals surface area contributed by atoms with E-state index in [1.165, 1.54) is 0 Å². The molecule has 0 fully saturated rings. The van der Waals surface area contributed by atoms with Crippen LogP contribution >= 0.6 is 0 Å². The van der Waals surface area contributed by atoms with Crippen molar-refractivity contribution in [2.24, 2.45) is 7.05 Å². The van der Waals surface area contributed by atoms with Gasteiger partial charge in [0.25, 0.3) is 0 Å². The van der Waals surface area contributed by atoms with Crippen LogP contribution in [0.1, 0.15) is 19.0 Å². The van der Waals surface area contributed by atoms with Crippen LogP contribution < -0.4 is 5.32 Å². The summed E-state index contributed by atoms with van der Waals surface area (Å²) in [5.74, 6) is 0. The quantitative estimate of drug-likeness (QED) is 0.645. The van der Waals surface area contributed by atoms with E-state index in [-0.39, 0.29) is 6.10 Å². The van der Waals surface area contributed by atoms with Gasteiger partial charge in [0.15, 0.2) is 0 Å². The molecule has 13 heavy (non-hydrogen) atoms. The first-order chi connectivity index (χ1) is 6.20. The van der Waals surface area contributed by atoms with Crippen molar-refractivity contribution in [3.05, 3.63) is 18.2 Å². The largest absolute Gasteiger partial charge is 0.393 e. The fraction of sp³-hybridized carbons (Fsp3) is 0.667. The van der Waals surface area contributed by atoms with Crippen molar-refractivity contribution >= 4 is 0 Å². The van der Waals surface area contributed by atoms with E-state index in [1.54, 1.807) is 13.3 Å². The van der Waals surface area contributed by atoms with Crippen molar-refractivity contribution in [3.8, 4) is 0 Å². The van der Waals surface area contributed by atoms with Crippen molar-refractivity contribution in [2.45, 2.75) is 26.0 Å². The van der Waals surface area contributed by atoms with Gasteiger partial charge in [-0.15, -0.1) is 0 Å². The van der Waals surface area contributed by atoms with Crippen LogP contribution in [0.15, 0.2) is 12.5 Å². The van der Waals surface area contributed by atoms with Crippen LogP contribution in [0.4, 0.5) is 0 Å². The minimum absolute atomic E-state index is 0.223. The smallest absolute Gasteiger partial charge is 0.0945 e. The zero-order valence-corrected chi connectivity index (χ0v) is 8.20. The van der Waals surface area contributed by atoms with E-state index < -0.39 is 0 Å². The van der Waals surface area contributed by atoms with Crippen LogP contribution in [0.2, 0.25) is 0 Å². The molecule has 74 valence electrons. The Morgan fingerprint density at radius 1 is 1.69 bits per heavy atom. The number of hydrogen-bond donors (Lipinski definition) is 2. The van der Waals surface area contributed by atoms with Gasteiger partial charge in [-0.2, -0.15) is 0 Å². The number of hydrogen-bond acceptors (Lipinski definition) is 3. The Kier molecular flexibility index (Phi) is 3.92. The Labute approximate surface area is 78.6 Å². The number of aromatic nitrogens is 2. The molecule has 0 saturated heterocycles. The van der Waals surface area contributed by atoms with Gasteiger partial charge in [0, 0.05) is 19.8 Å². The van der Waals surface area contributed by atoms with Gasteiger partial charge in [-0.05, 0) is 19.9 Å². The van der Waals surface area contributed by atoms with Crippen LogP contribution in [-0.4, -0.2) is 27.3 Å². The Hall–Kier alpha value is -0.870. The second kappa shape index (κ2) is 4.99. The Morgan fingerprint density at radius 2 is 2.46 bits per heavy atom. The van der Waals surface area contributed by atoms with Gasteiger partial charge in [0.05, 0.1) is 18.1 Å². The molecule has 4 heteroatoms. The molecule has 1 rings (SSSR count). The zero-order chi connectivity index (χ0) is 9.68. The molecule has 2 N–H and O–H groups in total. The monoisotopic (exact) mass is 183 g/mol. The van der Waals surface area contributed by atoms with E-state index in [0.717, 1.165) is 25.2 Å². The van der Waals surface area contributed by atoms with Gasteiger partial charge in [-0.25, -0.2) is 4.98 Å². The normalized spacial score (nSPS) is 13.2. The highest BCUT2D eigenvalue weighted by atomic mass is 16.3. The van der Waals surface area contributed by atoms with Gasteiger partial charge in [-0.3, -0.25) is 0 Å². The molecular weight excluding hydrogens is 166 g/mol. The van der Waals surface area contributed by atoms with Crippen molar-refractivity contribution in [3.63, 3.8) is 0 Å². The van der Waals surface area contributed by atoms with Gasteiger partial charge in [0.2, 0.25) is 0 Å². The number of rotatable bonds is 5. The maximum absolute atomic E-state index is 9.01. The molecule has 0 aliphatic carbocycles. The second-order valence-corrected chi connectivity index (χ2v) is 3.31. The van der Waals surface area contributed by atoms with Gasteiger partial charge < -0.3 is 15.0 Å². The van der Waals surface area contributed by atoms with Gasteiger partial charge >= 0.3 is 0 Å². The molecule has 0 aliphatic heterocycles. The third kappa shape index (κ3) is 3.57. The maximum atomic E-state index is 9.01. The van der Waals surface area contributed by atoms with Crippen LogP contribution in [0.5, 0.6) is 0 Å². The number of aryl methyl sites for hydroxylation is 1. The fourth-order valence-corrected chi connectivity index (χ4v) is 1.08. The first-order valence-corrected chi connectivity index (χ1v) is 4.54. The molecule has 0 aliphatic rings. The molecule has 1 heterocycles. The molecule has 0 bridgehead atoms. The lowest BCUT2D eigenvalue weighted by Gasteiger charge is -2.06. The lowest BCUT2D eigenvalue weighted by molar-refractivity contribution is 0.183. The van der Waals surface area contributed by atoms with E-state index in [9.17, 15) is 0 Å². The van der Waals surface area contributed by atoms with Crippen molar-refractivity contribution in [1.29, 1.82) is 0 Å². The summed E-state index contributed by atoms with van der Waals surface area (Å²) in [7, 11) is 1.97. The highest BCUT2D eigenvalue weighted by Crippen LogP contribution is 1.95. The number of nitrogens with one attached hydrogen (secondary N) is 1. The molecule has 0 aromatic carbocycles. The van der Waals surface area contributed by atoms with Crippen LogP contribution in [0.25, 0.3) is 0 Å². The summed E-state index contributed by atoms with van der Waals surface area (Å²) in [6.45, 7) is 3.44. The van der Waals surface area contributed by atoms with Crippen LogP contribution in [0, 0.1) is 0 Å². The van der Waals surface area contributed by atoms with Crippen LogP contribution in [-0.2, 0) is 13.6 Å². The molecule has 0 spiro atoms. The first kappa shape index (κ1) is 10.2. The molecular formula is C9H17N3O. The molecule has 0 radical (unpaired) electrons. The lowest BCUT2D eigenvalue weighted by atomic mass is 10.3. The average Bonchev–Trinajstić information content (AvgIpc) is 2.45. The second-order valence-electron chi connectivity index (χ2n) is 3.31. The number of nitrogens with zero attached hydrogens (tertiary/aromatic N) is 2. The Morgan fingerprint density at radius 3 is 3.00 bits per heavy atom. The number of aliphatic hydroxyl groups excluding tert-OH is 1. The van der Waals surface area contributed by atoms with E-state index in [0.29, 0.717) is 0 Å². The van der Waals surface area contributed by atoms with Crippen molar-refractivity contribution in [1.82, 2.24) is 14.9 Å². The number of aliphatic hydroxyl groups is 1. The summed E-state index contributed by atoms with van der Waals surface area (Å²) >= 11 is 0. The predicted octanol–water partition coefficient (Wildman–Crippen LogP) is 0.281. The Balaban J connectivity index is 2.17. The first-order valence-electron chi connectivity index (χ1n) is 4.54.